The summed E-state index contributed by atoms with van der Waals surface area (Å²) in [6.45, 7) is 4.34. The standard InChI is InChI=1S/C14H22O2/c1-3-4-5-6-7-11(2)12-8-13(15)10-14(16)9-12/h8-11,15-16H,3-7H2,1-2H3. The summed E-state index contributed by atoms with van der Waals surface area (Å²) in [5.41, 5.74) is 1.02. The van der Waals surface area contributed by atoms with Crippen molar-refractivity contribution in [3.05, 3.63) is 23.8 Å². The van der Waals surface area contributed by atoms with Gasteiger partial charge in [-0.1, -0.05) is 39.5 Å². The molecule has 2 heteroatoms. The van der Waals surface area contributed by atoms with Gasteiger partial charge in [0.1, 0.15) is 11.5 Å². The molecule has 0 aromatic heterocycles. The molecule has 1 rings (SSSR count). The summed E-state index contributed by atoms with van der Waals surface area (Å²) in [5.74, 6) is 0.695. The highest BCUT2D eigenvalue weighted by molar-refractivity contribution is 5.38. The smallest absolute Gasteiger partial charge is 0.119 e. The minimum absolute atomic E-state index is 0.149. The molecule has 0 fully saturated rings. The fourth-order valence-electron chi connectivity index (χ4n) is 1.95. The molecule has 16 heavy (non-hydrogen) atoms. The Bertz CT molecular complexity index is 300. The summed E-state index contributed by atoms with van der Waals surface area (Å²) in [6, 6.07) is 4.85. The van der Waals surface area contributed by atoms with E-state index in [0.717, 1.165) is 12.0 Å². The van der Waals surface area contributed by atoms with Gasteiger partial charge in [-0.25, -0.2) is 0 Å². The number of hydrogen-bond donors (Lipinski definition) is 2. The summed E-state index contributed by atoms with van der Waals surface area (Å²) in [6.07, 6.45) is 6.14. The molecule has 0 saturated heterocycles. The summed E-state index contributed by atoms with van der Waals surface area (Å²) in [7, 11) is 0. The molecule has 0 aliphatic rings. The summed E-state index contributed by atoms with van der Waals surface area (Å²) in [5, 5.41) is 18.8. The fraction of sp³-hybridized carbons (Fsp3) is 0.571. The van der Waals surface area contributed by atoms with Crippen molar-refractivity contribution >= 4 is 0 Å². The number of unbranched alkanes of at least 4 members (excludes halogenated alkanes) is 3. The third-order valence-corrected chi connectivity index (χ3v) is 2.98. The number of rotatable bonds is 6. The molecular weight excluding hydrogens is 200 g/mol. The number of aromatic hydroxyl groups is 2. The first-order valence-electron chi connectivity index (χ1n) is 6.16. The van der Waals surface area contributed by atoms with Crippen LogP contribution in [0.3, 0.4) is 0 Å². The summed E-state index contributed by atoms with van der Waals surface area (Å²) >= 11 is 0. The van der Waals surface area contributed by atoms with Crippen molar-refractivity contribution in [1.82, 2.24) is 0 Å². The minimum Gasteiger partial charge on any atom is -0.508 e. The predicted octanol–water partition coefficient (Wildman–Crippen LogP) is 4.17. The Labute approximate surface area is 97.9 Å². The van der Waals surface area contributed by atoms with Crippen LogP contribution in [0.25, 0.3) is 0 Å². The third kappa shape index (κ3) is 4.13. The summed E-state index contributed by atoms with van der Waals surface area (Å²) in [4.78, 5) is 0. The lowest BCUT2D eigenvalue weighted by atomic mass is 9.94. The van der Waals surface area contributed by atoms with Crippen LogP contribution in [0.4, 0.5) is 0 Å². The van der Waals surface area contributed by atoms with E-state index < -0.39 is 0 Å². The van der Waals surface area contributed by atoms with Crippen LogP contribution in [0.15, 0.2) is 18.2 Å². The van der Waals surface area contributed by atoms with E-state index in [1.807, 2.05) is 0 Å². The van der Waals surface area contributed by atoms with Crippen LogP contribution in [0, 0.1) is 0 Å². The first-order chi connectivity index (χ1) is 7.63. The fourth-order valence-corrected chi connectivity index (χ4v) is 1.95. The molecule has 2 N–H and O–H groups in total. The van der Waals surface area contributed by atoms with Crippen molar-refractivity contribution in [2.75, 3.05) is 0 Å². The normalized spacial score (nSPS) is 12.6. The Morgan fingerprint density at radius 1 is 1.00 bits per heavy atom. The van der Waals surface area contributed by atoms with Crippen LogP contribution < -0.4 is 0 Å². The Hall–Kier alpha value is -1.18. The number of benzene rings is 1. The van der Waals surface area contributed by atoms with E-state index in [1.165, 1.54) is 31.7 Å². The minimum atomic E-state index is 0.149. The van der Waals surface area contributed by atoms with Crippen molar-refractivity contribution in [1.29, 1.82) is 0 Å². The maximum atomic E-state index is 9.39. The van der Waals surface area contributed by atoms with Crippen molar-refractivity contribution in [3.63, 3.8) is 0 Å². The summed E-state index contributed by atoms with van der Waals surface area (Å²) < 4.78 is 0. The molecule has 1 aromatic carbocycles. The molecular formula is C14H22O2. The van der Waals surface area contributed by atoms with E-state index in [1.54, 1.807) is 12.1 Å². The van der Waals surface area contributed by atoms with Crippen LogP contribution in [0.5, 0.6) is 11.5 Å². The lowest BCUT2D eigenvalue weighted by Gasteiger charge is -2.12. The monoisotopic (exact) mass is 222 g/mol. The van der Waals surface area contributed by atoms with E-state index in [4.69, 9.17) is 0 Å². The number of hydrogen-bond acceptors (Lipinski definition) is 2. The van der Waals surface area contributed by atoms with Crippen molar-refractivity contribution in [2.24, 2.45) is 0 Å². The van der Waals surface area contributed by atoms with Crippen LogP contribution in [0.2, 0.25) is 0 Å². The van der Waals surface area contributed by atoms with Gasteiger partial charge in [0.25, 0.3) is 0 Å². The molecule has 1 aromatic rings. The van der Waals surface area contributed by atoms with Gasteiger partial charge in [-0.2, -0.15) is 0 Å². The predicted molar refractivity (Wildman–Crippen MR) is 66.9 cm³/mol. The molecule has 0 aliphatic heterocycles. The van der Waals surface area contributed by atoms with E-state index in [-0.39, 0.29) is 11.5 Å². The van der Waals surface area contributed by atoms with Gasteiger partial charge in [-0.05, 0) is 30.0 Å². The molecule has 0 aliphatic carbocycles. The molecule has 90 valence electrons. The van der Waals surface area contributed by atoms with Crippen molar-refractivity contribution < 1.29 is 10.2 Å². The molecule has 0 spiro atoms. The molecule has 1 atom stereocenters. The first kappa shape index (κ1) is 12.9. The maximum absolute atomic E-state index is 9.39. The zero-order valence-electron chi connectivity index (χ0n) is 10.2. The largest absolute Gasteiger partial charge is 0.508 e. The quantitative estimate of drug-likeness (QED) is 0.709. The van der Waals surface area contributed by atoms with Gasteiger partial charge in [0, 0.05) is 6.07 Å². The average molecular weight is 222 g/mol. The van der Waals surface area contributed by atoms with Gasteiger partial charge in [-0.3, -0.25) is 0 Å². The molecule has 0 bridgehead atoms. The molecule has 0 heterocycles. The van der Waals surface area contributed by atoms with Crippen molar-refractivity contribution in [3.8, 4) is 11.5 Å². The van der Waals surface area contributed by atoms with Gasteiger partial charge in [-0.15, -0.1) is 0 Å². The number of phenols is 2. The molecule has 1 unspecified atom stereocenters. The second kappa shape index (κ2) is 6.41. The van der Waals surface area contributed by atoms with Gasteiger partial charge in [0.05, 0.1) is 0 Å². The Balaban J connectivity index is 2.48. The number of phenolic OH excluding ortho intramolecular Hbond substituents is 2. The van der Waals surface area contributed by atoms with E-state index in [9.17, 15) is 10.2 Å². The van der Waals surface area contributed by atoms with Crippen LogP contribution in [0.1, 0.15) is 57.4 Å². The highest BCUT2D eigenvalue weighted by atomic mass is 16.3. The zero-order chi connectivity index (χ0) is 12.0. The highest BCUT2D eigenvalue weighted by Crippen LogP contribution is 2.28. The highest BCUT2D eigenvalue weighted by Gasteiger charge is 2.07. The Kier molecular flexibility index (Phi) is 5.17. The second-order valence-electron chi connectivity index (χ2n) is 4.53. The average Bonchev–Trinajstić information content (AvgIpc) is 2.22. The van der Waals surface area contributed by atoms with Gasteiger partial charge < -0.3 is 10.2 Å². The van der Waals surface area contributed by atoms with Crippen LogP contribution in [-0.2, 0) is 0 Å². The van der Waals surface area contributed by atoms with E-state index in [2.05, 4.69) is 13.8 Å². The molecule has 0 amide bonds. The van der Waals surface area contributed by atoms with E-state index >= 15 is 0 Å². The molecule has 2 nitrogen and oxygen atoms in total. The van der Waals surface area contributed by atoms with Gasteiger partial charge in [0.2, 0.25) is 0 Å². The topological polar surface area (TPSA) is 40.5 Å². The van der Waals surface area contributed by atoms with E-state index in [0.29, 0.717) is 5.92 Å². The first-order valence-corrected chi connectivity index (χ1v) is 6.16. The third-order valence-electron chi connectivity index (χ3n) is 2.98. The van der Waals surface area contributed by atoms with Gasteiger partial charge in [0.15, 0.2) is 0 Å². The van der Waals surface area contributed by atoms with Crippen molar-refractivity contribution in [2.45, 2.75) is 51.9 Å². The molecule has 0 saturated carbocycles. The lowest BCUT2D eigenvalue weighted by Crippen LogP contribution is -1.93. The Morgan fingerprint density at radius 3 is 2.19 bits per heavy atom. The second-order valence-corrected chi connectivity index (χ2v) is 4.53. The molecule has 0 radical (unpaired) electrons. The SMILES string of the molecule is CCCCCCC(C)c1cc(O)cc(O)c1. The zero-order valence-corrected chi connectivity index (χ0v) is 10.2. The maximum Gasteiger partial charge on any atom is 0.119 e. The van der Waals surface area contributed by atoms with Crippen LogP contribution >= 0.6 is 0 Å². The van der Waals surface area contributed by atoms with Gasteiger partial charge >= 0.3 is 0 Å². The lowest BCUT2D eigenvalue weighted by molar-refractivity contribution is 0.447. The van der Waals surface area contributed by atoms with Crippen LogP contribution in [-0.4, -0.2) is 10.2 Å². The Morgan fingerprint density at radius 2 is 1.62 bits per heavy atom.